The smallest absolute Gasteiger partial charge is 0.399 e. The first kappa shape index (κ1) is 17.0. The Balaban J connectivity index is 1.76. The average molecular weight is 373 g/mol. The van der Waals surface area contributed by atoms with Gasteiger partial charge in [0.1, 0.15) is 16.3 Å². The molecule has 7 heteroatoms. The van der Waals surface area contributed by atoms with Crippen LogP contribution in [0.3, 0.4) is 0 Å². The van der Waals surface area contributed by atoms with Crippen LogP contribution in [0.25, 0.3) is 21.3 Å². The van der Waals surface area contributed by atoms with Gasteiger partial charge in [-0.25, -0.2) is 9.97 Å². The molecule has 1 saturated heterocycles. The Morgan fingerprint density at radius 1 is 1.08 bits per heavy atom. The molecule has 4 nitrogen and oxygen atoms in total. The summed E-state index contributed by atoms with van der Waals surface area (Å²) in [4.78, 5) is 9.30. The van der Waals surface area contributed by atoms with E-state index in [0.29, 0.717) is 5.15 Å². The lowest BCUT2D eigenvalue weighted by molar-refractivity contribution is 0.00578. The third-order valence-electron chi connectivity index (χ3n) is 5.05. The highest BCUT2D eigenvalue weighted by Gasteiger charge is 2.51. The molecule has 25 heavy (non-hydrogen) atoms. The minimum absolute atomic E-state index is 0.361. The molecule has 0 atom stereocenters. The fraction of sp³-hybridized carbons (Fsp3) is 0.333. The molecule has 3 heterocycles. The van der Waals surface area contributed by atoms with Crippen molar-refractivity contribution < 1.29 is 9.31 Å². The molecule has 1 aliphatic rings. The van der Waals surface area contributed by atoms with Gasteiger partial charge in [-0.05, 0) is 38.7 Å². The van der Waals surface area contributed by atoms with E-state index < -0.39 is 0 Å². The van der Waals surface area contributed by atoms with Crippen molar-refractivity contribution in [2.75, 3.05) is 0 Å². The van der Waals surface area contributed by atoms with Crippen LogP contribution >= 0.6 is 22.9 Å². The Hall–Kier alpha value is -1.47. The first-order chi connectivity index (χ1) is 11.8. The Morgan fingerprint density at radius 3 is 2.52 bits per heavy atom. The van der Waals surface area contributed by atoms with E-state index in [4.69, 9.17) is 20.9 Å². The van der Waals surface area contributed by atoms with Crippen molar-refractivity contribution >= 4 is 45.7 Å². The molecule has 1 aliphatic heterocycles. The second kappa shape index (κ2) is 5.78. The van der Waals surface area contributed by atoms with Gasteiger partial charge >= 0.3 is 7.12 Å². The molecule has 0 N–H and O–H groups in total. The number of benzene rings is 1. The maximum Gasteiger partial charge on any atom is 0.494 e. The average Bonchev–Trinajstić information content (AvgIpc) is 3.07. The molecule has 0 saturated carbocycles. The highest BCUT2D eigenvalue weighted by molar-refractivity contribution is 7.17. The van der Waals surface area contributed by atoms with E-state index in [1.54, 1.807) is 11.3 Å². The maximum absolute atomic E-state index is 6.30. The number of fused-ring (bicyclic) bond motifs is 1. The topological polar surface area (TPSA) is 44.2 Å². The maximum atomic E-state index is 6.30. The van der Waals surface area contributed by atoms with Gasteiger partial charge in [0.2, 0.25) is 0 Å². The second-order valence-electron chi connectivity index (χ2n) is 7.21. The number of thiophene rings is 1. The van der Waals surface area contributed by atoms with E-state index in [1.165, 1.54) is 6.33 Å². The first-order valence-corrected chi connectivity index (χ1v) is 9.38. The summed E-state index contributed by atoms with van der Waals surface area (Å²) < 4.78 is 12.3. The molecule has 1 aromatic carbocycles. The molecular weight excluding hydrogens is 355 g/mol. The summed E-state index contributed by atoms with van der Waals surface area (Å²) in [5.41, 5.74) is 2.35. The van der Waals surface area contributed by atoms with Gasteiger partial charge in [-0.3, -0.25) is 0 Å². The zero-order valence-corrected chi connectivity index (χ0v) is 16.1. The molecule has 0 bridgehead atoms. The van der Waals surface area contributed by atoms with E-state index >= 15 is 0 Å². The molecule has 0 amide bonds. The molecule has 4 rings (SSSR count). The van der Waals surface area contributed by atoms with E-state index in [-0.39, 0.29) is 18.3 Å². The SMILES string of the molecule is CC1(C)OB(c2cccc(-c3csc4ncnc(Cl)c34)c2)OC1(C)C. The zero-order valence-electron chi connectivity index (χ0n) is 14.5. The normalized spacial score (nSPS) is 18.8. The molecule has 3 aromatic rings. The largest absolute Gasteiger partial charge is 0.494 e. The van der Waals surface area contributed by atoms with Crippen molar-refractivity contribution in [3.63, 3.8) is 0 Å². The third-order valence-corrected chi connectivity index (χ3v) is 6.22. The fourth-order valence-corrected chi connectivity index (χ4v) is 4.09. The van der Waals surface area contributed by atoms with Crippen LogP contribution in [0.15, 0.2) is 36.0 Å². The summed E-state index contributed by atoms with van der Waals surface area (Å²) >= 11 is 7.86. The number of nitrogens with zero attached hydrogens (tertiary/aromatic N) is 2. The van der Waals surface area contributed by atoms with Crippen molar-refractivity contribution in [2.45, 2.75) is 38.9 Å². The van der Waals surface area contributed by atoms with Gasteiger partial charge in [0.15, 0.2) is 0 Å². The molecular formula is C18H18BClN2O2S. The Bertz CT molecular complexity index is 941. The Labute approximate surface area is 156 Å². The van der Waals surface area contributed by atoms with E-state index in [1.807, 2.05) is 12.1 Å². The number of aromatic nitrogens is 2. The van der Waals surface area contributed by atoms with Gasteiger partial charge in [0.25, 0.3) is 0 Å². The van der Waals surface area contributed by atoms with E-state index in [2.05, 4.69) is 55.2 Å². The zero-order chi connectivity index (χ0) is 17.8. The first-order valence-electron chi connectivity index (χ1n) is 8.12. The van der Waals surface area contributed by atoms with Crippen molar-refractivity contribution in [1.29, 1.82) is 0 Å². The van der Waals surface area contributed by atoms with Crippen LogP contribution in [0.4, 0.5) is 0 Å². The van der Waals surface area contributed by atoms with Gasteiger partial charge in [-0.2, -0.15) is 0 Å². The van der Waals surface area contributed by atoms with E-state index in [0.717, 1.165) is 26.8 Å². The predicted molar refractivity (Wildman–Crippen MR) is 104 cm³/mol. The van der Waals surface area contributed by atoms with Crippen LogP contribution in [-0.4, -0.2) is 28.3 Å². The molecule has 0 spiro atoms. The Morgan fingerprint density at radius 2 is 1.80 bits per heavy atom. The lowest BCUT2D eigenvalue weighted by atomic mass is 9.78. The van der Waals surface area contributed by atoms with Gasteiger partial charge in [0.05, 0.1) is 16.6 Å². The number of hydrogen-bond acceptors (Lipinski definition) is 5. The van der Waals surface area contributed by atoms with Crippen LogP contribution < -0.4 is 5.46 Å². The van der Waals surface area contributed by atoms with Gasteiger partial charge in [-0.1, -0.05) is 35.9 Å². The standard InChI is InChI=1S/C18H18BClN2O2S/c1-17(2)18(3,4)24-19(23-17)12-7-5-6-11(8-12)13-9-25-16-14(13)15(20)21-10-22-16/h5-10H,1-4H3. The van der Waals surface area contributed by atoms with Crippen molar-refractivity contribution in [1.82, 2.24) is 9.97 Å². The Kier molecular flexibility index (Phi) is 3.92. The predicted octanol–water partition coefficient (Wildman–Crippen LogP) is 4.31. The minimum atomic E-state index is -0.387. The quantitative estimate of drug-likeness (QED) is 0.496. The van der Waals surface area contributed by atoms with Crippen LogP contribution in [0.5, 0.6) is 0 Å². The van der Waals surface area contributed by atoms with Crippen LogP contribution in [0.1, 0.15) is 27.7 Å². The van der Waals surface area contributed by atoms with Crippen LogP contribution in [0, 0.1) is 0 Å². The molecule has 0 radical (unpaired) electrons. The number of hydrogen-bond donors (Lipinski definition) is 0. The summed E-state index contributed by atoms with van der Waals surface area (Å²) in [6.07, 6.45) is 1.49. The van der Waals surface area contributed by atoms with Gasteiger partial charge in [-0.15, -0.1) is 11.3 Å². The minimum Gasteiger partial charge on any atom is -0.399 e. The summed E-state index contributed by atoms with van der Waals surface area (Å²) in [6, 6.07) is 8.18. The fourth-order valence-electron chi connectivity index (χ4n) is 2.88. The van der Waals surface area contributed by atoms with Crippen molar-refractivity contribution in [3.05, 3.63) is 41.1 Å². The third kappa shape index (κ3) is 2.77. The van der Waals surface area contributed by atoms with Crippen molar-refractivity contribution in [3.8, 4) is 11.1 Å². The molecule has 2 aromatic heterocycles. The number of halogens is 1. The highest BCUT2D eigenvalue weighted by atomic mass is 35.5. The second-order valence-corrected chi connectivity index (χ2v) is 8.42. The summed E-state index contributed by atoms with van der Waals surface area (Å²) in [5.74, 6) is 0. The molecule has 0 unspecified atom stereocenters. The molecule has 0 aliphatic carbocycles. The highest BCUT2D eigenvalue weighted by Crippen LogP contribution is 2.38. The van der Waals surface area contributed by atoms with E-state index in [9.17, 15) is 0 Å². The lowest BCUT2D eigenvalue weighted by Gasteiger charge is -2.32. The van der Waals surface area contributed by atoms with Crippen LogP contribution in [0.2, 0.25) is 5.15 Å². The molecule has 1 fully saturated rings. The monoisotopic (exact) mass is 372 g/mol. The summed E-state index contributed by atoms with van der Waals surface area (Å²) in [7, 11) is -0.387. The molecule has 128 valence electrons. The van der Waals surface area contributed by atoms with Crippen molar-refractivity contribution in [2.24, 2.45) is 0 Å². The summed E-state index contributed by atoms with van der Waals surface area (Å²) in [5, 5.41) is 3.43. The lowest BCUT2D eigenvalue weighted by Crippen LogP contribution is -2.41. The number of rotatable bonds is 2. The van der Waals surface area contributed by atoms with Gasteiger partial charge in [0, 0.05) is 10.9 Å². The summed E-state index contributed by atoms with van der Waals surface area (Å²) in [6.45, 7) is 8.22. The van der Waals surface area contributed by atoms with Crippen LogP contribution in [-0.2, 0) is 9.31 Å². The van der Waals surface area contributed by atoms with Gasteiger partial charge < -0.3 is 9.31 Å².